The van der Waals surface area contributed by atoms with Crippen LogP contribution in [0.3, 0.4) is 0 Å². The van der Waals surface area contributed by atoms with Crippen LogP contribution in [-0.4, -0.2) is 59.1 Å². The third kappa shape index (κ3) is 5.47. The van der Waals surface area contributed by atoms with Crippen molar-refractivity contribution in [3.63, 3.8) is 0 Å². The molecule has 1 aliphatic rings. The second-order valence-electron chi connectivity index (χ2n) is 7.98. The van der Waals surface area contributed by atoms with Gasteiger partial charge < -0.3 is 14.2 Å². The topological polar surface area (TPSA) is 71.7 Å². The Morgan fingerprint density at radius 1 is 1.12 bits per heavy atom. The first-order valence-electron chi connectivity index (χ1n) is 10.7. The van der Waals surface area contributed by atoms with Crippen LogP contribution in [0.5, 0.6) is 5.75 Å². The minimum absolute atomic E-state index is 0.181. The van der Waals surface area contributed by atoms with Crippen LogP contribution in [0.15, 0.2) is 47.0 Å². The number of benzene rings is 2. The van der Waals surface area contributed by atoms with Gasteiger partial charge in [0.2, 0.25) is 17.6 Å². The number of halogens is 1. The number of ether oxygens (including phenoxy) is 1. The summed E-state index contributed by atoms with van der Waals surface area (Å²) in [6.07, 6.45) is 1.20. The molecular formula is C24H27ClN4O3. The van der Waals surface area contributed by atoms with Gasteiger partial charge in [0.05, 0.1) is 13.7 Å². The minimum atomic E-state index is 0.181. The molecule has 8 heteroatoms. The summed E-state index contributed by atoms with van der Waals surface area (Å²) < 4.78 is 10.6. The van der Waals surface area contributed by atoms with Crippen molar-refractivity contribution in [1.82, 2.24) is 19.9 Å². The van der Waals surface area contributed by atoms with Crippen LogP contribution in [0.2, 0.25) is 5.02 Å². The second kappa shape index (κ2) is 10.1. The van der Waals surface area contributed by atoms with Gasteiger partial charge in [-0.25, -0.2) is 0 Å². The Labute approximate surface area is 192 Å². The standard InChI is InChI=1S/C24H27ClN4O3/c1-17-3-4-18(15-21(17)25)5-10-23(30)29-13-11-28(12-14-29)16-22-26-24(27-32-22)19-6-8-20(31-2)9-7-19/h3-4,6-9,15H,5,10-14,16H2,1-2H3. The van der Waals surface area contributed by atoms with Gasteiger partial charge in [-0.3, -0.25) is 9.69 Å². The van der Waals surface area contributed by atoms with Gasteiger partial charge in [0.25, 0.3) is 0 Å². The van der Waals surface area contributed by atoms with E-state index in [2.05, 4.69) is 15.0 Å². The highest BCUT2D eigenvalue weighted by atomic mass is 35.5. The van der Waals surface area contributed by atoms with E-state index >= 15 is 0 Å². The normalized spacial score (nSPS) is 14.5. The lowest BCUT2D eigenvalue weighted by Gasteiger charge is -2.34. The van der Waals surface area contributed by atoms with Crippen LogP contribution in [0.4, 0.5) is 0 Å². The summed E-state index contributed by atoms with van der Waals surface area (Å²) >= 11 is 6.19. The van der Waals surface area contributed by atoms with E-state index in [0.717, 1.165) is 40.6 Å². The molecule has 1 amide bonds. The maximum Gasteiger partial charge on any atom is 0.241 e. The van der Waals surface area contributed by atoms with Gasteiger partial charge in [0.1, 0.15) is 5.75 Å². The van der Waals surface area contributed by atoms with E-state index in [1.807, 2.05) is 54.3 Å². The molecule has 0 unspecified atom stereocenters. The number of methoxy groups -OCH3 is 1. The first-order valence-corrected chi connectivity index (χ1v) is 11.1. The summed E-state index contributed by atoms with van der Waals surface area (Å²) in [5.41, 5.74) is 3.03. The van der Waals surface area contributed by atoms with Crippen LogP contribution in [-0.2, 0) is 17.8 Å². The summed E-state index contributed by atoms with van der Waals surface area (Å²) in [7, 11) is 1.63. The second-order valence-corrected chi connectivity index (χ2v) is 8.39. The van der Waals surface area contributed by atoms with Crippen molar-refractivity contribution in [3.05, 3.63) is 64.5 Å². The molecule has 168 valence electrons. The molecule has 32 heavy (non-hydrogen) atoms. The van der Waals surface area contributed by atoms with Crippen molar-refractivity contribution in [2.24, 2.45) is 0 Å². The maximum atomic E-state index is 12.6. The first kappa shape index (κ1) is 22.3. The zero-order valence-electron chi connectivity index (χ0n) is 18.4. The quantitative estimate of drug-likeness (QED) is 0.537. The van der Waals surface area contributed by atoms with E-state index < -0.39 is 0 Å². The smallest absolute Gasteiger partial charge is 0.241 e. The van der Waals surface area contributed by atoms with Crippen LogP contribution in [0, 0.1) is 6.92 Å². The molecular weight excluding hydrogens is 428 g/mol. The number of aryl methyl sites for hydroxylation is 2. The number of hydrogen-bond acceptors (Lipinski definition) is 6. The Kier molecular flexibility index (Phi) is 7.07. The molecule has 2 aromatic carbocycles. The fourth-order valence-electron chi connectivity index (χ4n) is 3.72. The molecule has 1 aromatic heterocycles. The largest absolute Gasteiger partial charge is 0.497 e. The molecule has 0 aliphatic carbocycles. The number of aromatic nitrogens is 2. The number of carbonyl (C=O) groups excluding carboxylic acids is 1. The lowest BCUT2D eigenvalue weighted by molar-refractivity contribution is -0.133. The molecule has 0 spiro atoms. The molecule has 0 radical (unpaired) electrons. The molecule has 1 aliphatic heterocycles. The maximum absolute atomic E-state index is 12.6. The van der Waals surface area contributed by atoms with Crippen molar-refractivity contribution < 1.29 is 14.1 Å². The highest BCUT2D eigenvalue weighted by Crippen LogP contribution is 2.21. The van der Waals surface area contributed by atoms with E-state index in [4.69, 9.17) is 20.9 Å². The monoisotopic (exact) mass is 454 g/mol. The average Bonchev–Trinajstić information content (AvgIpc) is 3.28. The lowest BCUT2D eigenvalue weighted by atomic mass is 10.1. The molecule has 0 saturated carbocycles. The predicted molar refractivity (Wildman–Crippen MR) is 123 cm³/mol. The molecule has 0 atom stereocenters. The predicted octanol–water partition coefficient (Wildman–Crippen LogP) is 3.98. The summed E-state index contributed by atoms with van der Waals surface area (Å²) in [5.74, 6) is 2.10. The van der Waals surface area contributed by atoms with E-state index in [-0.39, 0.29) is 5.91 Å². The first-order chi connectivity index (χ1) is 15.5. The fourth-order valence-corrected chi connectivity index (χ4v) is 3.93. The Balaban J connectivity index is 1.24. The van der Waals surface area contributed by atoms with Crippen molar-refractivity contribution >= 4 is 17.5 Å². The Morgan fingerprint density at radius 3 is 2.56 bits per heavy atom. The van der Waals surface area contributed by atoms with E-state index in [0.29, 0.717) is 44.2 Å². The molecule has 1 saturated heterocycles. The summed E-state index contributed by atoms with van der Waals surface area (Å²) in [6.45, 7) is 5.52. The number of carbonyl (C=O) groups is 1. The van der Waals surface area contributed by atoms with E-state index in [9.17, 15) is 4.79 Å². The number of hydrogen-bond donors (Lipinski definition) is 0. The average molecular weight is 455 g/mol. The molecule has 0 N–H and O–H groups in total. The van der Waals surface area contributed by atoms with Gasteiger partial charge in [-0.05, 0) is 54.8 Å². The molecule has 3 aromatic rings. The summed E-state index contributed by atoms with van der Waals surface area (Å²) in [5, 5.41) is 4.84. The number of amides is 1. The van der Waals surface area contributed by atoms with Crippen LogP contribution < -0.4 is 4.74 Å². The lowest BCUT2D eigenvalue weighted by Crippen LogP contribution is -2.48. The molecule has 0 bridgehead atoms. The molecule has 4 rings (SSSR count). The summed E-state index contributed by atoms with van der Waals surface area (Å²) in [6, 6.07) is 13.5. The highest BCUT2D eigenvalue weighted by Gasteiger charge is 2.22. The Bertz CT molecular complexity index is 1060. The molecule has 7 nitrogen and oxygen atoms in total. The third-order valence-corrected chi connectivity index (χ3v) is 6.17. The highest BCUT2D eigenvalue weighted by molar-refractivity contribution is 6.31. The van der Waals surface area contributed by atoms with Crippen LogP contribution >= 0.6 is 11.6 Å². The van der Waals surface area contributed by atoms with Crippen LogP contribution in [0.25, 0.3) is 11.4 Å². The SMILES string of the molecule is COc1ccc(-c2noc(CN3CCN(C(=O)CCc4ccc(C)c(Cl)c4)CC3)n2)cc1. The van der Waals surface area contributed by atoms with Gasteiger partial charge in [-0.1, -0.05) is 28.9 Å². The van der Waals surface area contributed by atoms with Gasteiger partial charge in [-0.2, -0.15) is 4.98 Å². The summed E-state index contributed by atoms with van der Waals surface area (Å²) in [4.78, 5) is 21.3. The van der Waals surface area contributed by atoms with Crippen molar-refractivity contribution in [3.8, 4) is 17.1 Å². The Hall–Kier alpha value is -2.90. The van der Waals surface area contributed by atoms with Crippen molar-refractivity contribution in [2.45, 2.75) is 26.3 Å². The van der Waals surface area contributed by atoms with Crippen LogP contribution in [0.1, 0.15) is 23.4 Å². The van der Waals surface area contributed by atoms with Gasteiger partial charge in [0.15, 0.2) is 0 Å². The van der Waals surface area contributed by atoms with E-state index in [1.54, 1.807) is 7.11 Å². The van der Waals surface area contributed by atoms with Crippen molar-refractivity contribution in [2.75, 3.05) is 33.3 Å². The molecule has 1 fully saturated rings. The van der Waals surface area contributed by atoms with Crippen molar-refractivity contribution in [1.29, 1.82) is 0 Å². The number of piperazine rings is 1. The third-order valence-electron chi connectivity index (χ3n) is 5.76. The number of rotatable bonds is 7. The number of nitrogens with zero attached hydrogens (tertiary/aromatic N) is 4. The zero-order chi connectivity index (χ0) is 22.5. The fraction of sp³-hybridized carbons (Fsp3) is 0.375. The van der Waals surface area contributed by atoms with Gasteiger partial charge >= 0.3 is 0 Å². The van der Waals surface area contributed by atoms with Gasteiger partial charge in [0, 0.05) is 43.2 Å². The minimum Gasteiger partial charge on any atom is -0.497 e. The molecule has 2 heterocycles. The van der Waals surface area contributed by atoms with Gasteiger partial charge in [-0.15, -0.1) is 0 Å². The van der Waals surface area contributed by atoms with E-state index in [1.165, 1.54) is 0 Å². The Morgan fingerprint density at radius 2 is 1.88 bits per heavy atom. The zero-order valence-corrected chi connectivity index (χ0v) is 19.1.